The van der Waals surface area contributed by atoms with Gasteiger partial charge in [0.05, 0.1) is 0 Å². The second-order valence-electron chi connectivity index (χ2n) is 2.80. The highest BCUT2D eigenvalue weighted by Gasteiger charge is 2.13. The Labute approximate surface area is 66.1 Å². The third-order valence-corrected chi connectivity index (χ3v) is 1.48. The van der Waals surface area contributed by atoms with Crippen molar-refractivity contribution < 1.29 is 5.11 Å². The lowest BCUT2D eigenvalue weighted by atomic mass is 10.1. The summed E-state index contributed by atoms with van der Waals surface area (Å²) < 4.78 is 0. The van der Waals surface area contributed by atoms with E-state index in [4.69, 9.17) is 0 Å². The molecule has 0 spiro atoms. The molecule has 0 saturated carbocycles. The molecule has 0 aliphatic heterocycles. The SMILES string of the molecule is CC(C)C(O)c1ncccn1. The Balaban J connectivity index is 2.77. The summed E-state index contributed by atoms with van der Waals surface area (Å²) in [6, 6.07) is 1.73. The highest BCUT2D eigenvalue weighted by Crippen LogP contribution is 2.15. The van der Waals surface area contributed by atoms with Gasteiger partial charge in [0, 0.05) is 12.4 Å². The van der Waals surface area contributed by atoms with Gasteiger partial charge in [0.15, 0.2) is 5.82 Å². The number of hydrogen-bond donors (Lipinski definition) is 1. The van der Waals surface area contributed by atoms with E-state index in [-0.39, 0.29) is 5.92 Å². The van der Waals surface area contributed by atoms with Crippen molar-refractivity contribution in [2.75, 3.05) is 0 Å². The molecule has 3 nitrogen and oxygen atoms in total. The summed E-state index contributed by atoms with van der Waals surface area (Å²) >= 11 is 0. The number of hydrogen-bond acceptors (Lipinski definition) is 3. The summed E-state index contributed by atoms with van der Waals surface area (Å²) in [5.74, 6) is 0.667. The van der Waals surface area contributed by atoms with Crippen LogP contribution in [0, 0.1) is 5.92 Å². The van der Waals surface area contributed by atoms with Crippen LogP contribution in [0.15, 0.2) is 18.5 Å². The molecule has 1 unspecified atom stereocenters. The standard InChI is InChI=1S/C8H12N2O/c1-6(2)7(11)8-9-4-3-5-10-8/h3-7,11H,1-2H3. The molecule has 0 aliphatic carbocycles. The molecule has 1 aromatic rings. The smallest absolute Gasteiger partial charge is 0.157 e. The number of nitrogens with zero attached hydrogens (tertiary/aromatic N) is 2. The molecule has 1 N–H and O–H groups in total. The first-order chi connectivity index (χ1) is 5.22. The van der Waals surface area contributed by atoms with Crippen molar-refractivity contribution in [3.05, 3.63) is 24.3 Å². The molecule has 0 aliphatic rings. The van der Waals surface area contributed by atoms with Crippen LogP contribution in [0.4, 0.5) is 0 Å². The van der Waals surface area contributed by atoms with Crippen LogP contribution < -0.4 is 0 Å². The van der Waals surface area contributed by atoms with Crippen molar-refractivity contribution in [3.8, 4) is 0 Å². The molecule has 0 fully saturated rings. The molecule has 0 saturated heterocycles. The van der Waals surface area contributed by atoms with Crippen LogP contribution in [-0.2, 0) is 0 Å². The highest BCUT2D eigenvalue weighted by molar-refractivity contribution is 4.93. The third-order valence-electron chi connectivity index (χ3n) is 1.48. The Kier molecular flexibility index (Phi) is 2.54. The molecule has 3 heteroatoms. The molecule has 1 aromatic heterocycles. The molecular weight excluding hydrogens is 140 g/mol. The Morgan fingerprint density at radius 3 is 2.27 bits per heavy atom. The number of aliphatic hydroxyl groups is 1. The lowest BCUT2D eigenvalue weighted by molar-refractivity contribution is 0.117. The van der Waals surface area contributed by atoms with E-state index >= 15 is 0 Å². The quantitative estimate of drug-likeness (QED) is 0.691. The number of aromatic nitrogens is 2. The predicted octanol–water partition coefficient (Wildman–Crippen LogP) is 1.17. The van der Waals surface area contributed by atoms with Gasteiger partial charge < -0.3 is 5.11 Å². The largest absolute Gasteiger partial charge is 0.385 e. The summed E-state index contributed by atoms with van der Waals surface area (Å²) in [6.07, 6.45) is 2.72. The van der Waals surface area contributed by atoms with Gasteiger partial charge in [-0.05, 0) is 12.0 Å². The van der Waals surface area contributed by atoms with Crippen LogP contribution in [0.1, 0.15) is 25.8 Å². The molecule has 60 valence electrons. The van der Waals surface area contributed by atoms with Crippen molar-refractivity contribution in [1.82, 2.24) is 9.97 Å². The fourth-order valence-corrected chi connectivity index (χ4v) is 0.761. The number of rotatable bonds is 2. The Hall–Kier alpha value is -0.960. The van der Waals surface area contributed by atoms with Crippen LogP contribution in [-0.4, -0.2) is 15.1 Å². The normalized spacial score (nSPS) is 13.5. The average Bonchev–Trinajstić information content (AvgIpc) is 2.05. The molecular formula is C8H12N2O. The van der Waals surface area contributed by atoms with E-state index in [2.05, 4.69) is 9.97 Å². The van der Waals surface area contributed by atoms with Crippen LogP contribution in [0.5, 0.6) is 0 Å². The van der Waals surface area contributed by atoms with E-state index in [1.54, 1.807) is 18.5 Å². The van der Waals surface area contributed by atoms with Gasteiger partial charge >= 0.3 is 0 Å². The van der Waals surface area contributed by atoms with E-state index in [0.717, 1.165) is 0 Å². The summed E-state index contributed by atoms with van der Waals surface area (Å²) in [6.45, 7) is 3.86. The topological polar surface area (TPSA) is 46.0 Å². The van der Waals surface area contributed by atoms with E-state index in [1.165, 1.54) is 0 Å². The van der Waals surface area contributed by atoms with E-state index in [9.17, 15) is 5.11 Å². The molecule has 0 radical (unpaired) electrons. The van der Waals surface area contributed by atoms with E-state index < -0.39 is 6.10 Å². The first kappa shape index (κ1) is 8.14. The van der Waals surface area contributed by atoms with Crippen LogP contribution in [0.25, 0.3) is 0 Å². The van der Waals surface area contributed by atoms with Crippen molar-refractivity contribution in [3.63, 3.8) is 0 Å². The summed E-state index contributed by atoms with van der Waals surface area (Å²) in [4.78, 5) is 7.88. The summed E-state index contributed by atoms with van der Waals surface area (Å²) in [7, 11) is 0. The zero-order chi connectivity index (χ0) is 8.27. The Morgan fingerprint density at radius 1 is 1.27 bits per heavy atom. The summed E-state index contributed by atoms with van der Waals surface area (Å²) in [5.41, 5.74) is 0. The predicted molar refractivity (Wildman–Crippen MR) is 41.8 cm³/mol. The highest BCUT2D eigenvalue weighted by atomic mass is 16.3. The van der Waals surface area contributed by atoms with Crippen molar-refractivity contribution in [1.29, 1.82) is 0 Å². The minimum Gasteiger partial charge on any atom is -0.385 e. The lowest BCUT2D eigenvalue weighted by Crippen LogP contribution is -2.08. The molecule has 1 rings (SSSR count). The van der Waals surface area contributed by atoms with Gasteiger partial charge in [-0.15, -0.1) is 0 Å². The molecule has 1 heterocycles. The average molecular weight is 152 g/mol. The van der Waals surface area contributed by atoms with Gasteiger partial charge in [-0.2, -0.15) is 0 Å². The van der Waals surface area contributed by atoms with Crippen molar-refractivity contribution in [2.45, 2.75) is 20.0 Å². The number of aliphatic hydroxyl groups excluding tert-OH is 1. The van der Waals surface area contributed by atoms with Gasteiger partial charge in [0.2, 0.25) is 0 Å². The monoisotopic (exact) mass is 152 g/mol. The Bertz CT molecular complexity index is 211. The lowest BCUT2D eigenvalue weighted by Gasteiger charge is -2.11. The van der Waals surface area contributed by atoms with Crippen molar-refractivity contribution >= 4 is 0 Å². The fourth-order valence-electron chi connectivity index (χ4n) is 0.761. The second kappa shape index (κ2) is 3.44. The van der Waals surface area contributed by atoms with Gasteiger partial charge in [-0.25, -0.2) is 9.97 Å². The van der Waals surface area contributed by atoms with Gasteiger partial charge in [0.25, 0.3) is 0 Å². The third kappa shape index (κ3) is 1.98. The van der Waals surface area contributed by atoms with E-state index in [1.807, 2.05) is 13.8 Å². The maximum Gasteiger partial charge on any atom is 0.157 e. The van der Waals surface area contributed by atoms with Crippen LogP contribution in [0.3, 0.4) is 0 Å². The molecule has 11 heavy (non-hydrogen) atoms. The molecule has 0 amide bonds. The van der Waals surface area contributed by atoms with Gasteiger partial charge in [-0.1, -0.05) is 13.8 Å². The van der Waals surface area contributed by atoms with Crippen molar-refractivity contribution in [2.24, 2.45) is 5.92 Å². The van der Waals surface area contributed by atoms with Crippen LogP contribution in [0.2, 0.25) is 0 Å². The molecule has 0 aromatic carbocycles. The minimum atomic E-state index is -0.545. The first-order valence-corrected chi connectivity index (χ1v) is 3.67. The van der Waals surface area contributed by atoms with Crippen LogP contribution >= 0.6 is 0 Å². The maximum atomic E-state index is 9.47. The Morgan fingerprint density at radius 2 is 1.82 bits per heavy atom. The van der Waals surface area contributed by atoms with E-state index in [0.29, 0.717) is 5.82 Å². The maximum absolute atomic E-state index is 9.47. The molecule has 0 bridgehead atoms. The summed E-state index contributed by atoms with van der Waals surface area (Å²) in [5, 5.41) is 9.47. The van der Waals surface area contributed by atoms with Gasteiger partial charge in [0.1, 0.15) is 6.10 Å². The van der Waals surface area contributed by atoms with Gasteiger partial charge in [-0.3, -0.25) is 0 Å². The zero-order valence-electron chi connectivity index (χ0n) is 6.73. The molecule has 1 atom stereocenters. The zero-order valence-corrected chi connectivity index (χ0v) is 6.73. The minimum absolute atomic E-state index is 0.164. The second-order valence-corrected chi connectivity index (χ2v) is 2.80. The fraction of sp³-hybridized carbons (Fsp3) is 0.500. The first-order valence-electron chi connectivity index (χ1n) is 3.67.